The number of piperazine rings is 1. The van der Waals surface area contributed by atoms with Gasteiger partial charge in [0.1, 0.15) is 5.65 Å². The Morgan fingerprint density at radius 1 is 1.29 bits per heavy atom. The molecule has 8 heteroatoms. The Balaban J connectivity index is 1.65. The Labute approximate surface area is 164 Å². The van der Waals surface area contributed by atoms with E-state index in [0.717, 1.165) is 22.3 Å². The first-order valence-corrected chi connectivity index (χ1v) is 9.34. The molecule has 1 fully saturated rings. The van der Waals surface area contributed by atoms with E-state index in [9.17, 15) is 9.59 Å². The topological polar surface area (TPSA) is 105 Å². The summed E-state index contributed by atoms with van der Waals surface area (Å²) in [5, 5.41) is 0.919. The molecule has 0 aromatic carbocycles. The number of carbonyl (C=O) groups excluding carboxylic acids is 2. The Morgan fingerprint density at radius 3 is 2.64 bits per heavy atom. The standard InChI is InChI=1S/C20H27N5O3/c1-20(2,3)13-28-19(27)25-8-6-24(7-9-25)15-10-16-14(4-5-17(21)26)11-22-18(16)23-12-15/h4-5,10-12H,6-9,13H2,1-3H3,(H2,21,26)(H,22,23)/b5-4+. The maximum Gasteiger partial charge on any atom is 0.409 e. The van der Waals surface area contributed by atoms with Crippen molar-refractivity contribution in [2.45, 2.75) is 20.8 Å². The molecule has 8 nitrogen and oxygen atoms in total. The monoisotopic (exact) mass is 385 g/mol. The van der Waals surface area contributed by atoms with E-state index < -0.39 is 5.91 Å². The molecule has 0 radical (unpaired) electrons. The van der Waals surface area contributed by atoms with Gasteiger partial charge in [-0.1, -0.05) is 20.8 Å². The van der Waals surface area contributed by atoms with Gasteiger partial charge in [-0.15, -0.1) is 0 Å². The largest absolute Gasteiger partial charge is 0.449 e. The predicted octanol–water partition coefficient (Wildman–Crippen LogP) is 2.37. The van der Waals surface area contributed by atoms with Crippen LogP contribution >= 0.6 is 0 Å². The average Bonchev–Trinajstić information content (AvgIpc) is 3.06. The number of fused-ring (bicyclic) bond motifs is 1. The summed E-state index contributed by atoms with van der Waals surface area (Å²) in [7, 11) is 0. The van der Waals surface area contributed by atoms with Gasteiger partial charge in [0.25, 0.3) is 0 Å². The van der Waals surface area contributed by atoms with E-state index >= 15 is 0 Å². The SMILES string of the molecule is CC(C)(C)COC(=O)N1CCN(c2cnc3[nH]cc(/C=C/C(N)=O)c3c2)CC1. The number of nitrogens with zero attached hydrogens (tertiary/aromatic N) is 3. The van der Waals surface area contributed by atoms with E-state index in [1.807, 2.05) is 33.0 Å². The first kappa shape index (κ1) is 19.7. The number of nitrogens with two attached hydrogens (primary N) is 1. The number of amides is 2. The number of pyridine rings is 1. The fourth-order valence-corrected chi connectivity index (χ4v) is 3.01. The van der Waals surface area contributed by atoms with Gasteiger partial charge in [-0.05, 0) is 17.6 Å². The summed E-state index contributed by atoms with van der Waals surface area (Å²) in [5.74, 6) is -0.493. The molecule has 3 N–H and O–H groups in total. The van der Waals surface area contributed by atoms with Crippen LogP contribution in [0.4, 0.5) is 10.5 Å². The van der Waals surface area contributed by atoms with Crippen molar-refractivity contribution < 1.29 is 14.3 Å². The summed E-state index contributed by atoms with van der Waals surface area (Å²) < 4.78 is 5.40. The van der Waals surface area contributed by atoms with Crippen molar-refractivity contribution in [1.29, 1.82) is 0 Å². The number of rotatable bonds is 4. The van der Waals surface area contributed by atoms with Crippen LogP contribution in [0.15, 0.2) is 24.5 Å². The van der Waals surface area contributed by atoms with Crippen LogP contribution in [0.5, 0.6) is 0 Å². The highest BCUT2D eigenvalue weighted by Crippen LogP contribution is 2.24. The first-order chi connectivity index (χ1) is 13.2. The highest BCUT2D eigenvalue weighted by molar-refractivity contribution is 5.95. The molecule has 1 saturated heterocycles. The van der Waals surface area contributed by atoms with Crippen LogP contribution in [0.2, 0.25) is 0 Å². The quantitative estimate of drug-likeness (QED) is 0.786. The number of anilines is 1. The first-order valence-electron chi connectivity index (χ1n) is 9.34. The zero-order valence-corrected chi connectivity index (χ0v) is 16.6. The normalized spacial score (nSPS) is 15.4. The van der Waals surface area contributed by atoms with E-state index in [0.29, 0.717) is 32.8 Å². The maximum atomic E-state index is 12.2. The molecule has 0 atom stereocenters. The molecule has 2 aromatic rings. The lowest BCUT2D eigenvalue weighted by Gasteiger charge is -2.35. The van der Waals surface area contributed by atoms with Gasteiger partial charge >= 0.3 is 6.09 Å². The number of ether oxygens (including phenoxy) is 1. The minimum atomic E-state index is -0.493. The summed E-state index contributed by atoms with van der Waals surface area (Å²) in [4.78, 5) is 34.7. The van der Waals surface area contributed by atoms with Crippen LogP contribution in [0.3, 0.4) is 0 Å². The molecule has 28 heavy (non-hydrogen) atoms. The highest BCUT2D eigenvalue weighted by Gasteiger charge is 2.24. The summed E-state index contributed by atoms with van der Waals surface area (Å²) in [6.07, 6.45) is 6.36. The number of hydrogen-bond acceptors (Lipinski definition) is 5. The molecule has 150 valence electrons. The molecule has 1 aliphatic heterocycles. The Bertz CT molecular complexity index is 889. The fourth-order valence-electron chi connectivity index (χ4n) is 3.01. The molecule has 3 rings (SSSR count). The van der Waals surface area contributed by atoms with Crippen molar-refractivity contribution in [3.8, 4) is 0 Å². The van der Waals surface area contributed by atoms with Gasteiger partial charge < -0.3 is 25.3 Å². The van der Waals surface area contributed by atoms with Gasteiger partial charge in [-0.3, -0.25) is 4.79 Å². The second kappa shape index (κ2) is 7.92. The Hall–Kier alpha value is -3.03. The molecule has 2 aromatic heterocycles. The van der Waals surface area contributed by atoms with Gasteiger partial charge in [0.15, 0.2) is 0 Å². The van der Waals surface area contributed by atoms with Crippen LogP contribution in [-0.4, -0.2) is 59.7 Å². The smallest absolute Gasteiger partial charge is 0.409 e. The number of hydrogen-bond donors (Lipinski definition) is 2. The van der Waals surface area contributed by atoms with E-state index in [4.69, 9.17) is 10.5 Å². The van der Waals surface area contributed by atoms with Crippen LogP contribution in [0.25, 0.3) is 17.1 Å². The van der Waals surface area contributed by atoms with Crippen LogP contribution < -0.4 is 10.6 Å². The zero-order valence-electron chi connectivity index (χ0n) is 16.6. The minimum absolute atomic E-state index is 0.0458. The van der Waals surface area contributed by atoms with Crippen LogP contribution in [-0.2, 0) is 9.53 Å². The number of carbonyl (C=O) groups is 2. The molecular weight excluding hydrogens is 358 g/mol. The lowest BCUT2D eigenvalue weighted by molar-refractivity contribution is -0.113. The molecule has 3 heterocycles. The molecule has 2 amide bonds. The van der Waals surface area contributed by atoms with Gasteiger partial charge in [0.2, 0.25) is 5.91 Å². The molecule has 0 unspecified atom stereocenters. The van der Waals surface area contributed by atoms with Crippen molar-refractivity contribution in [1.82, 2.24) is 14.9 Å². The molecule has 1 aliphatic rings. The van der Waals surface area contributed by atoms with E-state index in [2.05, 4.69) is 14.9 Å². The van der Waals surface area contributed by atoms with Gasteiger partial charge in [0, 0.05) is 49.4 Å². The number of nitrogens with one attached hydrogen (secondary N) is 1. The van der Waals surface area contributed by atoms with E-state index in [1.54, 1.807) is 17.2 Å². The van der Waals surface area contributed by atoms with E-state index in [-0.39, 0.29) is 11.5 Å². The molecule has 0 saturated carbocycles. The van der Waals surface area contributed by atoms with Crippen molar-refractivity contribution >= 4 is 34.8 Å². The maximum absolute atomic E-state index is 12.2. The lowest BCUT2D eigenvalue weighted by atomic mass is 9.99. The van der Waals surface area contributed by atoms with Crippen LogP contribution in [0.1, 0.15) is 26.3 Å². The average molecular weight is 385 g/mol. The van der Waals surface area contributed by atoms with Gasteiger partial charge in [-0.2, -0.15) is 0 Å². The zero-order chi connectivity index (χ0) is 20.3. The number of primary amides is 1. The second-order valence-corrected chi connectivity index (χ2v) is 8.16. The summed E-state index contributed by atoms with van der Waals surface area (Å²) in [6.45, 7) is 9.12. The van der Waals surface area contributed by atoms with Gasteiger partial charge in [-0.25, -0.2) is 9.78 Å². The predicted molar refractivity (Wildman–Crippen MR) is 109 cm³/mol. The third-order valence-corrected chi connectivity index (χ3v) is 4.51. The Morgan fingerprint density at radius 2 is 2.00 bits per heavy atom. The van der Waals surface area contributed by atoms with Crippen molar-refractivity contribution in [3.63, 3.8) is 0 Å². The molecule has 0 bridgehead atoms. The molecule has 0 aliphatic carbocycles. The minimum Gasteiger partial charge on any atom is -0.449 e. The third kappa shape index (κ3) is 4.82. The lowest BCUT2D eigenvalue weighted by Crippen LogP contribution is -2.49. The van der Waals surface area contributed by atoms with Crippen molar-refractivity contribution in [3.05, 3.63) is 30.1 Å². The van der Waals surface area contributed by atoms with Crippen LogP contribution in [0, 0.1) is 5.41 Å². The summed E-state index contributed by atoms with van der Waals surface area (Å²) >= 11 is 0. The highest BCUT2D eigenvalue weighted by atomic mass is 16.6. The summed E-state index contributed by atoms with van der Waals surface area (Å²) in [6, 6.07) is 2.03. The number of aromatic amines is 1. The van der Waals surface area contributed by atoms with Gasteiger partial charge in [0.05, 0.1) is 18.5 Å². The Kier molecular flexibility index (Phi) is 5.58. The second-order valence-electron chi connectivity index (χ2n) is 8.16. The number of H-pyrrole nitrogens is 1. The fraction of sp³-hybridized carbons (Fsp3) is 0.450. The molecule has 0 spiro atoms. The van der Waals surface area contributed by atoms with E-state index in [1.165, 1.54) is 6.08 Å². The summed E-state index contributed by atoms with van der Waals surface area (Å²) in [5.41, 5.74) is 7.71. The molecular formula is C20H27N5O3. The van der Waals surface area contributed by atoms with Crippen molar-refractivity contribution in [2.75, 3.05) is 37.7 Å². The third-order valence-electron chi connectivity index (χ3n) is 4.51. The van der Waals surface area contributed by atoms with Crippen molar-refractivity contribution in [2.24, 2.45) is 11.1 Å². The number of aromatic nitrogens is 2.